The highest BCUT2D eigenvalue weighted by atomic mass is 32.1. The number of hydrogen-bond donors (Lipinski definition) is 2. The van der Waals surface area contributed by atoms with Crippen LogP contribution in [0.3, 0.4) is 0 Å². The molecule has 2 N–H and O–H groups in total. The summed E-state index contributed by atoms with van der Waals surface area (Å²) in [7, 11) is 0. The number of pyridine rings is 1. The van der Waals surface area contributed by atoms with Gasteiger partial charge in [0.1, 0.15) is 5.75 Å². The minimum absolute atomic E-state index is 0.157. The molecule has 0 aliphatic carbocycles. The van der Waals surface area contributed by atoms with Crippen molar-refractivity contribution in [1.29, 1.82) is 0 Å². The SMILES string of the molecule is CC(=O)Nc1nc2ccc(-c3cnc(C)c(NC(=O)Oc4ccccc4)c3)cc2s1. The van der Waals surface area contributed by atoms with E-state index in [1.807, 2.05) is 37.3 Å². The van der Waals surface area contributed by atoms with E-state index in [4.69, 9.17) is 4.74 Å². The molecule has 30 heavy (non-hydrogen) atoms. The van der Waals surface area contributed by atoms with Gasteiger partial charge in [0, 0.05) is 18.7 Å². The Labute approximate surface area is 176 Å². The molecular formula is C22H18N4O3S. The van der Waals surface area contributed by atoms with Crippen LogP contribution in [0.15, 0.2) is 60.8 Å². The largest absolute Gasteiger partial charge is 0.417 e. The van der Waals surface area contributed by atoms with E-state index in [0.29, 0.717) is 22.3 Å². The molecule has 0 bridgehead atoms. The standard InChI is InChI=1S/C22H18N4O3S/c1-13-19(26-22(28)29-17-6-4-3-5-7-17)10-16(12-23-13)15-8-9-18-20(11-15)30-21(25-18)24-14(2)27/h3-12H,1-2H3,(H,26,28)(H,24,25,27). The van der Waals surface area contributed by atoms with Gasteiger partial charge in [-0.15, -0.1) is 0 Å². The molecule has 0 saturated heterocycles. The van der Waals surface area contributed by atoms with E-state index in [0.717, 1.165) is 21.3 Å². The van der Waals surface area contributed by atoms with Crippen molar-refractivity contribution in [3.63, 3.8) is 0 Å². The molecule has 0 aliphatic heterocycles. The summed E-state index contributed by atoms with van der Waals surface area (Å²) in [6.45, 7) is 3.26. The third kappa shape index (κ3) is 4.44. The molecule has 8 heteroatoms. The van der Waals surface area contributed by atoms with E-state index in [-0.39, 0.29) is 5.91 Å². The second kappa shape index (κ2) is 8.30. The lowest BCUT2D eigenvalue weighted by atomic mass is 10.1. The Balaban J connectivity index is 1.57. The van der Waals surface area contributed by atoms with Gasteiger partial charge in [-0.2, -0.15) is 0 Å². The van der Waals surface area contributed by atoms with Gasteiger partial charge in [0.05, 0.1) is 21.6 Å². The highest BCUT2D eigenvalue weighted by Gasteiger charge is 2.11. The molecule has 2 heterocycles. The number of hydrogen-bond acceptors (Lipinski definition) is 6. The molecule has 4 aromatic rings. The predicted octanol–water partition coefficient (Wildman–Crippen LogP) is 5.24. The van der Waals surface area contributed by atoms with E-state index < -0.39 is 6.09 Å². The fourth-order valence-corrected chi connectivity index (χ4v) is 3.81. The van der Waals surface area contributed by atoms with Crippen molar-refractivity contribution in [2.45, 2.75) is 13.8 Å². The first-order chi connectivity index (χ1) is 14.5. The van der Waals surface area contributed by atoms with Gasteiger partial charge >= 0.3 is 6.09 Å². The van der Waals surface area contributed by atoms with Gasteiger partial charge in [-0.3, -0.25) is 15.1 Å². The minimum Gasteiger partial charge on any atom is -0.410 e. The zero-order chi connectivity index (χ0) is 21.1. The van der Waals surface area contributed by atoms with Crippen molar-refractivity contribution < 1.29 is 14.3 Å². The molecule has 2 amide bonds. The van der Waals surface area contributed by atoms with Gasteiger partial charge in [-0.25, -0.2) is 9.78 Å². The summed E-state index contributed by atoms with van der Waals surface area (Å²) in [5.74, 6) is 0.303. The Morgan fingerprint density at radius 3 is 2.57 bits per heavy atom. The van der Waals surface area contributed by atoms with Crippen LogP contribution in [0.4, 0.5) is 15.6 Å². The number of benzene rings is 2. The number of nitrogens with zero attached hydrogens (tertiary/aromatic N) is 2. The van der Waals surface area contributed by atoms with Crippen LogP contribution in [0, 0.1) is 6.92 Å². The molecule has 0 radical (unpaired) electrons. The summed E-state index contributed by atoms with van der Waals surface area (Å²) in [6, 6.07) is 16.5. The predicted molar refractivity (Wildman–Crippen MR) is 118 cm³/mol. The molecule has 150 valence electrons. The smallest absolute Gasteiger partial charge is 0.410 e. The first-order valence-electron chi connectivity index (χ1n) is 9.17. The molecule has 0 atom stereocenters. The van der Waals surface area contributed by atoms with Gasteiger partial charge < -0.3 is 10.1 Å². The van der Waals surface area contributed by atoms with Crippen LogP contribution in [0.25, 0.3) is 21.3 Å². The van der Waals surface area contributed by atoms with Gasteiger partial charge in [-0.1, -0.05) is 35.6 Å². The Morgan fingerprint density at radius 2 is 1.80 bits per heavy atom. The lowest BCUT2D eigenvalue weighted by Crippen LogP contribution is -2.17. The number of rotatable bonds is 4. The molecule has 0 spiro atoms. The summed E-state index contributed by atoms with van der Waals surface area (Å²) in [6.07, 6.45) is 1.17. The monoisotopic (exact) mass is 418 g/mol. The van der Waals surface area contributed by atoms with Gasteiger partial charge in [0.15, 0.2) is 5.13 Å². The topological polar surface area (TPSA) is 93.2 Å². The van der Waals surface area contributed by atoms with Crippen LogP contribution in [-0.2, 0) is 4.79 Å². The zero-order valence-electron chi connectivity index (χ0n) is 16.3. The molecule has 7 nitrogen and oxygen atoms in total. The number of anilines is 2. The van der Waals surface area contributed by atoms with Crippen LogP contribution in [0.5, 0.6) is 5.75 Å². The third-order valence-corrected chi connectivity index (χ3v) is 5.22. The number of para-hydroxylation sites is 1. The maximum atomic E-state index is 12.2. The number of amides is 2. The van der Waals surface area contributed by atoms with E-state index >= 15 is 0 Å². The number of aryl methyl sites for hydroxylation is 1. The van der Waals surface area contributed by atoms with Crippen LogP contribution in [-0.4, -0.2) is 22.0 Å². The summed E-state index contributed by atoms with van der Waals surface area (Å²) in [4.78, 5) is 32.3. The average molecular weight is 418 g/mol. The first-order valence-corrected chi connectivity index (χ1v) is 9.99. The summed E-state index contributed by atoms with van der Waals surface area (Å²) < 4.78 is 6.23. The van der Waals surface area contributed by atoms with E-state index in [2.05, 4.69) is 20.6 Å². The third-order valence-electron chi connectivity index (χ3n) is 4.28. The Kier molecular flexibility index (Phi) is 5.40. The maximum Gasteiger partial charge on any atom is 0.417 e. The van der Waals surface area contributed by atoms with Crippen molar-refractivity contribution in [2.24, 2.45) is 0 Å². The fraction of sp³-hybridized carbons (Fsp3) is 0.0909. The molecule has 2 aromatic carbocycles. The number of aromatic nitrogens is 2. The number of ether oxygens (including phenoxy) is 1. The van der Waals surface area contributed by atoms with Crippen molar-refractivity contribution in [1.82, 2.24) is 9.97 Å². The van der Waals surface area contributed by atoms with E-state index in [1.54, 1.807) is 30.5 Å². The molecular weight excluding hydrogens is 400 g/mol. The average Bonchev–Trinajstić information content (AvgIpc) is 3.11. The van der Waals surface area contributed by atoms with E-state index in [9.17, 15) is 9.59 Å². The Morgan fingerprint density at radius 1 is 1.00 bits per heavy atom. The number of carbonyl (C=O) groups excluding carboxylic acids is 2. The molecule has 0 saturated carbocycles. The molecule has 0 fully saturated rings. The minimum atomic E-state index is -0.582. The molecule has 2 aromatic heterocycles. The number of nitrogens with one attached hydrogen (secondary N) is 2. The first kappa shape index (κ1) is 19.5. The highest BCUT2D eigenvalue weighted by Crippen LogP contribution is 2.31. The van der Waals surface area contributed by atoms with Gasteiger partial charge in [-0.05, 0) is 42.8 Å². The fourth-order valence-electron chi connectivity index (χ4n) is 2.86. The number of carbonyl (C=O) groups is 2. The van der Waals surface area contributed by atoms with Gasteiger partial charge in [0.2, 0.25) is 5.91 Å². The van der Waals surface area contributed by atoms with Crippen molar-refractivity contribution in [2.75, 3.05) is 10.6 Å². The van der Waals surface area contributed by atoms with E-state index in [1.165, 1.54) is 18.3 Å². The lowest BCUT2D eigenvalue weighted by Gasteiger charge is -2.10. The normalized spacial score (nSPS) is 10.6. The summed E-state index contributed by atoms with van der Waals surface area (Å²) >= 11 is 1.40. The Bertz CT molecular complexity index is 1240. The number of fused-ring (bicyclic) bond motifs is 1. The second-order valence-electron chi connectivity index (χ2n) is 6.57. The molecule has 0 aliphatic rings. The lowest BCUT2D eigenvalue weighted by molar-refractivity contribution is -0.114. The Hall–Kier alpha value is -3.78. The van der Waals surface area contributed by atoms with Crippen molar-refractivity contribution in [3.8, 4) is 16.9 Å². The van der Waals surface area contributed by atoms with Gasteiger partial charge in [0.25, 0.3) is 0 Å². The summed E-state index contributed by atoms with van der Waals surface area (Å²) in [5.41, 5.74) is 3.81. The zero-order valence-corrected chi connectivity index (χ0v) is 17.1. The highest BCUT2D eigenvalue weighted by molar-refractivity contribution is 7.22. The van der Waals surface area contributed by atoms with Crippen LogP contribution >= 0.6 is 11.3 Å². The van der Waals surface area contributed by atoms with Crippen LogP contribution in [0.1, 0.15) is 12.6 Å². The summed E-state index contributed by atoms with van der Waals surface area (Å²) in [5, 5.41) is 6.02. The van der Waals surface area contributed by atoms with Crippen molar-refractivity contribution in [3.05, 3.63) is 66.5 Å². The maximum absolute atomic E-state index is 12.2. The number of thiazole rings is 1. The van der Waals surface area contributed by atoms with Crippen LogP contribution < -0.4 is 15.4 Å². The van der Waals surface area contributed by atoms with Crippen molar-refractivity contribution >= 4 is 44.4 Å². The van der Waals surface area contributed by atoms with Crippen LogP contribution in [0.2, 0.25) is 0 Å². The quantitative estimate of drug-likeness (QED) is 0.473. The second-order valence-corrected chi connectivity index (χ2v) is 7.60. The molecule has 4 rings (SSSR count). The molecule has 0 unspecified atom stereocenters.